The van der Waals surface area contributed by atoms with Crippen LogP contribution in [0.15, 0.2) is 24.5 Å². The van der Waals surface area contributed by atoms with Crippen LogP contribution in [0.1, 0.15) is 56.2 Å². The van der Waals surface area contributed by atoms with E-state index in [1.807, 2.05) is 18.2 Å². The van der Waals surface area contributed by atoms with Gasteiger partial charge in [0, 0.05) is 28.7 Å². The van der Waals surface area contributed by atoms with Crippen LogP contribution in [0.25, 0.3) is 0 Å². The predicted molar refractivity (Wildman–Crippen MR) is 113 cm³/mol. The molecule has 2 unspecified atom stereocenters. The summed E-state index contributed by atoms with van der Waals surface area (Å²) >= 11 is 6.28. The van der Waals surface area contributed by atoms with Crippen molar-refractivity contribution in [2.45, 2.75) is 58.3 Å². The molecule has 1 aromatic heterocycles. The van der Waals surface area contributed by atoms with E-state index >= 15 is 0 Å². The largest absolute Gasteiger partial charge is 0.487 e. The fraction of sp³-hybridized carbons (Fsp3) is 0.609. The fourth-order valence-electron chi connectivity index (χ4n) is 5.42. The number of benzene rings is 1. The van der Waals surface area contributed by atoms with Crippen LogP contribution in [-0.4, -0.2) is 40.2 Å². The van der Waals surface area contributed by atoms with Crippen molar-refractivity contribution in [1.29, 1.82) is 0 Å². The molecule has 156 valence electrons. The summed E-state index contributed by atoms with van der Waals surface area (Å²) in [4.78, 5) is 10.2. The van der Waals surface area contributed by atoms with Crippen LogP contribution in [0.4, 0.5) is 0 Å². The van der Waals surface area contributed by atoms with E-state index in [0.29, 0.717) is 5.92 Å². The Bertz CT molecular complexity index is 901. The van der Waals surface area contributed by atoms with Crippen molar-refractivity contribution < 1.29 is 9.47 Å². The number of aromatic amines is 1. The number of aromatic nitrogens is 2. The van der Waals surface area contributed by atoms with Crippen LogP contribution >= 0.6 is 11.6 Å². The summed E-state index contributed by atoms with van der Waals surface area (Å²) in [6.07, 6.45) is 5.34. The Morgan fingerprint density at radius 2 is 2.07 bits per heavy atom. The molecular formula is C23H30ClN3O2. The van der Waals surface area contributed by atoms with Gasteiger partial charge in [-0.3, -0.25) is 4.90 Å². The zero-order valence-electron chi connectivity index (χ0n) is 17.5. The molecule has 2 fully saturated rings. The average molecular weight is 416 g/mol. The second-order valence-corrected chi connectivity index (χ2v) is 10.1. The lowest BCUT2D eigenvalue weighted by molar-refractivity contribution is -0.174. The number of nitrogens with zero attached hydrogens (tertiary/aromatic N) is 2. The van der Waals surface area contributed by atoms with Crippen LogP contribution in [0.3, 0.4) is 0 Å². The highest BCUT2D eigenvalue weighted by molar-refractivity contribution is 6.30. The summed E-state index contributed by atoms with van der Waals surface area (Å²) in [5, 5.41) is 0.747. The Morgan fingerprint density at radius 1 is 1.28 bits per heavy atom. The molecule has 0 amide bonds. The predicted octanol–water partition coefficient (Wildman–Crippen LogP) is 4.90. The number of fused-ring (bicyclic) bond motifs is 3. The minimum atomic E-state index is -0.248. The van der Waals surface area contributed by atoms with Crippen LogP contribution in [0.2, 0.25) is 5.02 Å². The molecule has 2 aromatic rings. The van der Waals surface area contributed by atoms with E-state index in [-0.39, 0.29) is 17.1 Å². The number of ether oxygens (including phenoxy) is 2. The molecule has 4 heterocycles. The number of piperidine rings is 1. The van der Waals surface area contributed by atoms with Gasteiger partial charge in [0.15, 0.2) is 0 Å². The second kappa shape index (κ2) is 7.00. The molecule has 0 saturated carbocycles. The summed E-state index contributed by atoms with van der Waals surface area (Å²) in [7, 11) is 0. The smallest absolute Gasteiger partial charge is 0.126 e. The van der Waals surface area contributed by atoms with Gasteiger partial charge in [-0.1, -0.05) is 11.6 Å². The zero-order chi connectivity index (χ0) is 20.2. The fourth-order valence-corrected chi connectivity index (χ4v) is 5.60. The van der Waals surface area contributed by atoms with Gasteiger partial charge in [-0.15, -0.1) is 0 Å². The highest BCUT2D eigenvalue weighted by atomic mass is 35.5. The Labute approximate surface area is 177 Å². The quantitative estimate of drug-likeness (QED) is 0.757. The second-order valence-electron chi connectivity index (χ2n) is 9.68. The lowest BCUT2D eigenvalue weighted by atomic mass is 9.64. The van der Waals surface area contributed by atoms with Crippen molar-refractivity contribution in [3.63, 3.8) is 0 Å². The van der Waals surface area contributed by atoms with E-state index in [9.17, 15) is 0 Å². The molecular weight excluding hydrogens is 386 g/mol. The highest BCUT2D eigenvalue weighted by Gasteiger charge is 2.52. The molecule has 0 radical (unpaired) electrons. The third kappa shape index (κ3) is 3.47. The molecule has 2 atom stereocenters. The maximum Gasteiger partial charge on any atom is 0.126 e. The molecule has 6 heteroatoms. The van der Waals surface area contributed by atoms with E-state index in [1.165, 1.54) is 5.69 Å². The van der Waals surface area contributed by atoms with E-state index in [2.05, 4.69) is 35.6 Å². The Morgan fingerprint density at radius 3 is 2.79 bits per heavy atom. The van der Waals surface area contributed by atoms with Crippen LogP contribution in [0.5, 0.6) is 5.75 Å². The molecule has 0 aliphatic carbocycles. The standard InChI is InChI=1S/C23H30ClN3O2/c1-15-19(26-14-25-15)12-27-8-6-23(7-9-27)11-18-21(28-13-23)17-10-16(24)4-5-20(17)29-22(18,2)3/h4-5,10,14,18,21H,6-9,11-13H2,1-3H3,(H,25,26). The number of likely N-dealkylation sites (tertiary alicyclic amines) is 1. The van der Waals surface area contributed by atoms with Crippen molar-refractivity contribution in [3.05, 3.63) is 46.5 Å². The van der Waals surface area contributed by atoms with Gasteiger partial charge in [-0.2, -0.15) is 0 Å². The first kappa shape index (κ1) is 19.4. The van der Waals surface area contributed by atoms with Crippen LogP contribution in [0, 0.1) is 18.3 Å². The number of imidazole rings is 1. The van der Waals surface area contributed by atoms with Crippen molar-refractivity contribution >= 4 is 11.6 Å². The van der Waals surface area contributed by atoms with Crippen molar-refractivity contribution in [2.24, 2.45) is 11.3 Å². The number of H-pyrrole nitrogens is 1. The molecule has 1 aromatic carbocycles. The zero-order valence-corrected chi connectivity index (χ0v) is 18.3. The summed E-state index contributed by atoms with van der Waals surface area (Å²) < 4.78 is 13.0. The molecule has 0 bridgehead atoms. The molecule has 3 aliphatic rings. The molecule has 5 nitrogen and oxygen atoms in total. The van der Waals surface area contributed by atoms with Gasteiger partial charge in [0.2, 0.25) is 0 Å². The van der Waals surface area contributed by atoms with Gasteiger partial charge in [0.1, 0.15) is 11.4 Å². The van der Waals surface area contributed by atoms with E-state index in [1.54, 1.807) is 6.33 Å². The first-order valence-corrected chi connectivity index (χ1v) is 11.0. The third-order valence-corrected chi connectivity index (χ3v) is 7.59. The van der Waals surface area contributed by atoms with Crippen molar-refractivity contribution in [1.82, 2.24) is 14.9 Å². The molecule has 1 spiro atoms. The topological polar surface area (TPSA) is 50.4 Å². The minimum absolute atomic E-state index is 0.0720. The SMILES string of the molecule is Cc1[nH]cnc1CN1CCC2(CC1)COC1c3cc(Cl)ccc3OC(C)(C)C1C2. The molecule has 3 aliphatic heterocycles. The maximum absolute atomic E-state index is 6.58. The summed E-state index contributed by atoms with van der Waals surface area (Å²) in [5.41, 5.74) is 3.45. The van der Waals surface area contributed by atoms with Crippen molar-refractivity contribution in [2.75, 3.05) is 19.7 Å². The molecule has 5 rings (SSSR count). The Hall–Kier alpha value is -1.56. The van der Waals surface area contributed by atoms with Gasteiger partial charge >= 0.3 is 0 Å². The first-order chi connectivity index (χ1) is 13.9. The Balaban J connectivity index is 1.31. The van der Waals surface area contributed by atoms with E-state index in [4.69, 9.17) is 21.1 Å². The normalized spacial score (nSPS) is 27.9. The third-order valence-electron chi connectivity index (χ3n) is 7.36. The molecule has 2 saturated heterocycles. The van der Waals surface area contributed by atoms with Gasteiger partial charge in [0.25, 0.3) is 0 Å². The Kier molecular flexibility index (Phi) is 4.68. The molecule has 1 N–H and O–H groups in total. The molecule has 29 heavy (non-hydrogen) atoms. The summed E-state index contributed by atoms with van der Waals surface area (Å²) in [6, 6.07) is 5.91. The van der Waals surface area contributed by atoms with Gasteiger partial charge < -0.3 is 14.5 Å². The van der Waals surface area contributed by atoms with Crippen LogP contribution in [-0.2, 0) is 11.3 Å². The van der Waals surface area contributed by atoms with Gasteiger partial charge in [0.05, 0.1) is 24.7 Å². The van der Waals surface area contributed by atoms with Gasteiger partial charge in [-0.25, -0.2) is 4.98 Å². The number of halogens is 1. The number of aryl methyl sites for hydroxylation is 1. The number of hydrogen-bond acceptors (Lipinski definition) is 4. The summed E-state index contributed by atoms with van der Waals surface area (Å²) in [5.74, 6) is 1.25. The lowest BCUT2D eigenvalue weighted by Crippen LogP contribution is -2.54. The minimum Gasteiger partial charge on any atom is -0.487 e. The number of hydrogen-bond donors (Lipinski definition) is 1. The van der Waals surface area contributed by atoms with Gasteiger partial charge in [-0.05, 0) is 76.7 Å². The van der Waals surface area contributed by atoms with Crippen molar-refractivity contribution in [3.8, 4) is 5.75 Å². The highest BCUT2D eigenvalue weighted by Crippen LogP contribution is 2.55. The monoisotopic (exact) mass is 415 g/mol. The maximum atomic E-state index is 6.58. The average Bonchev–Trinajstić information content (AvgIpc) is 3.09. The number of nitrogens with one attached hydrogen (secondary N) is 1. The summed E-state index contributed by atoms with van der Waals surface area (Å²) in [6.45, 7) is 10.5. The van der Waals surface area contributed by atoms with E-state index in [0.717, 1.165) is 67.5 Å². The van der Waals surface area contributed by atoms with E-state index < -0.39 is 0 Å². The van der Waals surface area contributed by atoms with Crippen LogP contribution < -0.4 is 4.74 Å². The number of rotatable bonds is 2. The first-order valence-electron chi connectivity index (χ1n) is 10.7. The lowest BCUT2D eigenvalue weighted by Gasteiger charge is -2.54.